The fraction of sp³-hybridized carbons (Fsp3) is 0.571. The molecule has 0 aliphatic carbocycles. The van der Waals surface area contributed by atoms with Gasteiger partial charge in [0, 0.05) is 17.6 Å². The molecule has 0 saturated carbocycles. The van der Waals surface area contributed by atoms with E-state index in [2.05, 4.69) is 32.2 Å². The highest BCUT2D eigenvalue weighted by Crippen LogP contribution is 2.27. The Kier molecular flexibility index (Phi) is 8.26. The lowest BCUT2D eigenvalue weighted by molar-refractivity contribution is 0.577. The first-order chi connectivity index (χ1) is 9.92. The molecule has 0 bridgehead atoms. The summed E-state index contributed by atoms with van der Waals surface area (Å²) in [5.74, 6) is 1.06. The van der Waals surface area contributed by atoms with E-state index in [1.165, 1.54) is 0 Å². The van der Waals surface area contributed by atoms with Gasteiger partial charge in [0.2, 0.25) is 10.0 Å². The first kappa shape index (κ1) is 19.0. The first-order valence-corrected chi connectivity index (χ1v) is 10.5. The molecule has 1 aromatic rings. The van der Waals surface area contributed by atoms with Crippen LogP contribution in [-0.4, -0.2) is 34.0 Å². The summed E-state index contributed by atoms with van der Waals surface area (Å²) in [5, 5.41) is 3.04. The summed E-state index contributed by atoms with van der Waals surface area (Å²) in [4.78, 5) is 0.317. The molecule has 2 N–H and O–H groups in total. The van der Waals surface area contributed by atoms with Crippen LogP contribution in [0, 0.1) is 6.92 Å². The lowest BCUT2D eigenvalue weighted by Crippen LogP contribution is -2.25. The Morgan fingerprint density at radius 1 is 1.29 bits per heavy atom. The third-order valence-electron chi connectivity index (χ3n) is 3.02. The highest BCUT2D eigenvalue weighted by molar-refractivity contribution is 9.10. The summed E-state index contributed by atoms with van der Waals surface area (Å²) in [6, 6.07) is 3.70. The van der Waals surface area contributed by atoms with E-state index in [-0.39, 0.29) is 0 Å². The second-order valence-corrected chi connectivity index (χ2v) is 8.37. The normalized spacial score (nSPS) is 11.8. The molecule has 0 fully saturated rings. The molecule has 0 radical (unpaired) electrons. The zero-order chi connectivity index (χ0) is 15.9. The van der Waals surface area contributed by atoms with Crippen molar-refractivity contribution in [2.24, 2.45) is 0 Å². The minimum Gasteiger partial charge on any atom is -0.316 e. The maximum absolute atomic E-state index is 12.4. The van der Waals surface area contributed by atoms with Crippen molar-refractivity contribution >= 4 is 37.7 Å². The fourth-order valence-electron chi connectivity index (χ4n) is 1.97. The van der Waals surface area contributed by atoms with Crippen LogP contribution in [0.1, 0.15) is 24.0 Å². The van der Waals surface area contributed by atoms with Gasteiger partial charge in [0.15, 0.2) is 0 Å². The van der Waals surface area contributed by atoms with Gasteiger partial charge in [0.05, 0.1) is 4.90 Å². The second-order valence-electron chi connectivity index (χ2n) is 4.85. The van der Waals surface area contributed by atoms with E-state index in [1.807, 2.05) is 20.0 Å². The quantitative estimate of drug-likeness (QED) is 0.632. The van der Waals surface area contributed by atoms with Crippen molar-refractivity contribution in [3.8, 4) is 0 Å². The van der Waals surface area contributed by atoms with Crippen LogP contribution in [0.15, 0.2) is 21.5 Å². The summed E-state index contributed by atoms with van der Waals surface area (Å²) in [6.45, 7) is 3.02. The highest BCUT2D eigenvalue weighted by atomic mass is 79.9. The Labute approximate surface area is 140 Å². The number of benzene rings is 1. The molecule has 1 aromatic carbocycles. The third-order valence-corrected chi connectivity index (χ3v) is 6.52. The lowest BCUT2D eigenvalue weighted by Gasteiger charge is -2.12. The topological polar surface area (TPSA) is 58.2 Å². The molecule has 0 atom stereocenters. The molecule has 0 unspecified atom stereocenters. The van der Waals surface area contributed by atoms with Crippen LogP contribution in [0.4, 0.5) is 0 Å². The van der Waals surface area contributed by atoms with E-state index in [0.29, 0.717) is 22.5 Å². The van der Waals surface area contributed by atoms with Crippen molar-refractivity contribution in [2.45, 2.75) is 31.2 Å². The molecule has 0 saturated heterocycles. The fourth-order valence-corrected chi connectivity index (χ4v) is 4.60. The van der Waals surface area contributed by atoms with Crippen LogP contribution in [0.3, 0.4) is 0 Å². The van der Waals surface area contributed by atoms with E-state index in [9.17, 15) is 8.42 Å². The van der Waals surface area contributed by atoms with Gasteiger partial charge in [0.25, 0.3) is 0 Å². The van der Waals surface area contributed by atoms with Crippen molar-refractivity contribution in [3.63, 3.8) is 0 Å². The largest absolute Gasteiger partial charge is 0.316 e. The standard InChI is InChI=1S/C14H23BrN2O2S2/c1-11-8-12(10-16-2)9-13(14(11)15)21(18,19)17-6-4-5-7-20-3/h8-9,16-17H,4-7,10H2,1-3H3. The third kappa shape index (κ3) is 5.90. The average molecular weight is 395 g/mol. The van der Waals surface area contributed by atoms with Gasteiger partial charge >= 0.3 is 0 Å². The smallest absolute Gasteiger partial charge is 0.241 e. The van der Waals surface area contributed by atoms with Crippen LogP contribution in [-0.2, 0) is 16.6 Å². The molecule has 7 heteroatoms. The Morgan fingerprint density at radius 2 is 2.00 bits per heavy atom. The Balaban J connectivity index is 2.86. The van der Waals surface area contributed by atoms with Gasteiger partial charge in [-0.05, 0) is 71.9 Å². The van der Waals surface area contributed by atoms with Crippen molar-refractivity contribution in [1.29, 1.82) is 0 Å². The van der Waals surface area contributed by atoms with Gasteiger partial charge in [0.1, 0.15) is 0 Å². The molecule has 120 valence electrons. The SMILES string of the molecule is CNCc1cc(C)c(Br)c(S(=O)(=O)NCCCCSC)c1. The highest BCUT2D eigenvalue weighted by Gasteiger charge is 2.19. The lowest BCUT2D eigenvalue weighted by atomic mass is 10.1. The second kappa shape index (κ2) is 9.15. The summed E-state index contributed by atoms with van der Waals surface area (Å²) in [5.41, 5.74) is 1.88. The molecular formula is C14H23BrN2O2S2. The number of rotatable bonds is 9. The van der Waals surface area contributed by atoms with Gasteiger partial charge in [-0.2, -0.15) is 11.8 Å². The summed E-state index contributed by atoms with van der Waals surface area (Å²) in [6.07, 6.45) is 3.92. The number of thioether (sulfide) groups is 1. The van der Waals surface area contributed by atoms with Crippen LogP contribution < -0.4 is 10.0 Å². The number of unbranched alkanes of at least 4 members (excludes halogenated alkanes) is 1. The minimum atomic E-state index is -3.47. The Morgan fingerprint density at radius 3 is 2.62 bits per heavy atom. The molecule has 0 spiro atoms. The van der Waals surface area contributed by atoms with E-state index in [1.54, 1.807) is 17.8 Å². The number of aryl methyl sites for hydroxylation is 1. The molecule has 0 aliphatic heterocycles. The molecule has 0 aliphatic rings. The van der Waals surface area contributed by atoms with Crippen molar-refractivity contribution in [3.05, 3.63) is 27.7 Å². The number of hydrogen-bond acceptors (Lipinski definition) is 4. The van der Waals surface area contributed by atoms with Gasteiger partial charge in [-0.1, -0.05) is 6.07 Å². The van der Waals surface area contributed by atoms with Gasteiger partial charge in [-0.25, -0.2) is 13.1 Å². The predicted molar refractivity (Wildman–Crippen MR) is 94.4 cm³/mol. The van der Waals surface area contributed by atoms with Gasteiger partial charge < -0.3 is 5.32 Å². The summed E-state index contributed by atoms with van der Waals surface area (Å²) >= 11 is 5.17. The first-order valence-electron chi connectivity index (χ1n) is 6.84. The number of nitrogens with one attached hydrogen (secondary N) is 2. The zero-order valence-electron chi connectivity index (χ0n) is 12.7. The van der Waals surface area contributed by atoms with Gasteiger partial charge in [-0.3, -0.25) is 0 Å². The molecule has 0 aromatic heterocycles. The Bertz CT molecular complexity index is 562. The molecule has 0 heterocycles. The molecule has 21 heavy (non-hydrogen) atoms. The predicted octanol–water partition coefficient (Wildman–Crippen LogP) is 2.90. The summed E-state index contributed by atoms with van der Waals surface area (Å²) in [7, 11) is -1.63. The Hall–Kier alpha value is -0.0800. The van der Waals surface area contributed by atoms with Crippen molar-refractivity contribution in [1.82, 2.24) is 10.0 Å². The van der Waals surface area contributed by atoms with Gasteiger partial charge in [-0.15, -0.1) is 0 Å². The average Bonchev–Trinajstić information content (AvgIpc) is 2.42. The van der Waals surface area contributed by atoms with Crippen LogP contribution >= 0.6 is 27.7 Å². The van der Waals surface area contributed by atoms with E-state index in [4.69, 9.17) is 0 Å². The molecule has 0 amide bonds. The maximum atomic E-state index is 12.4. The van der Waals surface area contributed by atoms with E-state index in [0.717, 1.165) is 29.7 Å². The molecule has 1 rings (SSSR count). The number of sulfonamides is 1. The maximum Gasteiger partial charge on any atom is 0.241 e. The zero-order valence-corrected chi connectivity index (χ0v) is 15.9. The van der Waals surface area contributed by atoms with Crippen LogP contribution in [0.5, 0.6) is 0 Å². The van der Waals surface area contributed by atoms with E-state index < -0.39 is 10.0 Å². The van der Waals surface area contributed by atoms with Crippen LogP contribution in [0.25, 0.3) is 0 Å². The van der Waals surface area contributed by atoms with E-state index >= 15 is 0 Å². The van der Waals surface area contributed by atoms with Crippen molar-refractivity contribution in [2.75, 3.05) is 25.6 Å². The molecule has 4 nitrogen and oxygen atoms in total. The van der Waals surface area contributed by atoms with Crippen molar-refractivity contribution < 1.29 is 8.42 Å². The number of hydrogen-bond donors (Lipinski definition) is 2. The minimum absolute atomic E-state index is 0.317. The number of halogens is 1. The summed E-state index contributed by atoms with van der Waals surface area (Å²) < 4.78 is 28.2. The van der Waals surface area contributed by atoms with Crippen LogP contribution in [0.2, 0.25) is 0 Å². The monoisotopic (exact) mass is 394 g/mol. The molecular weight excluding hydrogens is 372 g/mol.